The largest absolute Gasteiger partial charge is 0.497 e. The summed E-state index contributed by atoms with van der Waals surface area (Å²) in [6.45, 7) is 5.59. The van der Waals surface area contributed by atoms with Crippen molar-refractivity contribution in [2.75, 3.05) is 13.7 Å². The van der Waals surface area contributed by atoms with Crippen molar-refractivity contribution in [3.63, 3.8) is 0 Å². The van der Waals surface area contributed by atoms with Gasteiger partial charge in [-0.15, -0.1) is 0 Å². The van der Waals surface area contributed by atoms with Crippen LogP contribution >= 0.6 is 0 Å². The number of amides is 2. The van der Waals surface area contributed by atoms with E-state index in [1.807, 2.05) is 45.0 Å². The minimum Gasteiger partial charge on any atom is -0.497 e. The second-order valence-electron chi connectivity index (χ2n) is 7.79. The molecule has 0 fully saturated rings. The summed E-state index contributed by atoms with van der Waals surface area (Å²) in [6, 6.07) is 7.29. The Morgan fingerprint density at radius 3 is 2.30 bits per heavy atom. The van der Waals surface area contributed by atoms with Gasteiger partial charge in [0.05, 0.1) is 19.8 Å². The van der Waals surface area contributed by atoms with E-state index < -0.39 is 17.9 Å². The number of hydrogen-bond donors (Lipinski definition) is 4. The Morgan fingerprint density at radius 1 is 1.19 bits per heavy atom. The quantitative estimate of drug-likeness (QED) is 0.367. The molecule has 27 heavy (non-hydrogen) atoms. The lowest BCUT2D eigenvalue weighted by molar-refractivity contribution is -0.135. The van der Waals surface area contributed by atoms with Crippen LogP contribution in [0.1, 0.15) is 45.6 Å². The maximum absolute atomic E-state index is 12.6. The summed E-state index contributed by atoms with van der Waals surface area (Å²) in [4.78, 5) is 24.2. The van der Waals surface area contributed by atoms with E-state index in [1.54, 1.807) is 12.6 Å². The molecule has 152 valence electrons. The smallest absolute Gasteiger partial charge is 0.244 e. The molecular weight excluding hydrogens is 348 g/mol. The van der Waals surface area contributed by atoms with Crippen molar-refractivity contribution >= 4 is 11.8 Å². The molecule has 0 saturated heterocycles. The van der Waals surface area contributed by atoms with Crippen LogP contribution in [0.3, 0.4) is 0 Å². The maximum atomic E-state index is 12.6. The highest BCUT2D eigenvalue weighted by atomic mass is 16.5. The zero-order valence-corrected chi connectivity index (χ0v) is 16.6. The molecule has 0 unspecified atom stereocenters. The van der Waals surface area contributed by atoms with Crippen molar-refractivity contribution in [2.24, 2.45) is 11.3 Å². The van der Waals surface area contributed by atoms with Crippen LogP contribution in [-0.4, -0.2) is 41.9 Å². The Bertz CT molecular complexity index is 595. The standard InChI is InChI=1S/C20H32N2O5/c1-20(2,3)17(13-23)21-19(25)15(12-18(24)22-26)7-5-6-14-8-10-16(27-4)11-9-14/h8-11,15,17,23,26H,5-7,12-13H2,1-4H3,(H,21,25)(H,22,24)/t15-,17-/m1/s1. The van der Waals surface area contributed by atoms with Crippen molar-refractivity contribution in [3.8, 4) is 5.75 Å². The Hall–Kier alpha value is -2.12. The monoisotopic (exact) mass is 380 g/mol. The lowest BCUT2D eigenvalue weighted by Gasteiger charge is -2.31. The minimum atomic E-state index is -0.601. The van der Waals surface area contributed by atoms with Gasteiger partial charge in [0.1, 0.15) is 5.75 Å². The lowest BCUT2D eigenvalue weighted by Crippen LogP contribution is -2.48. The van der Waals surface area contributed by atoms with E-state index in [0.717, 1.165) is 17.7 Å². The summed E-state index contributed by atoms with van der Waals surface area (Å²) < 4.78 is 5.13. The number of hydroxylamine groups is 1. The molecule has 0 spiro atoms. The van der Waals surface area contributed by atoms with Gasteiger partial charge in [0.15, 0.2) is 0 Å². The number of aryl methyl sites for hydroxylation is 1. The molecule has 7 nitrogen and oxygen atoms in total. The van der Waals surface area contributed by atoms with Crippen LogP contribution in [0.15, 0.2) is 24.3 Å². The Labute approximate surface area is 161 Å². The van der Waals surface area contributed by atoms with E-state index >= 15 is 0 Å². The number of hydrogen-bond acceptors (Lipinski definition) is 5. The summed E-state index contributed by atoms with van der Waals surface area (Å²) in [5.41, 5.74) is 2.39. The third kappa shape index (κ3) is 7.97. The Balaban J connectivity index is 2.69. The summed E-state index contributed by atoms with van der Waals surface area (Å²) in [6.07, 6.45) is 1.86. The molecule has 0 radical (unpaired) electrons. The van der Waals surface area contributed by atoms with E-state index in [4.69, 9.17) is 9.94 Å². The first-order valence-corrected chi connectivity index (χ1v) is 9.18. The third-order valence-electron chi connectivity index (χ3n) is 4.65. The topological polar surface area (TPSA) is 108 Å². The summed E-state index contributed by atoms with van der Waals surface area (Å²) in [5.74, 6) is -0.683. The molecule has 2 amide bonds. The van der Waals surface area contributed by atoms with Crippen molar-refractivity contribution in [2.45, 2.75) is 52.5 Å². The summed E-state index contributed by atoms with van der Waals surface area (Å²) >= 11 is 0. The highest BCUT2D eigenvalue weighted by Crippen LogP contribution is 2.21. The van der Waals surface area contributed by atoms with Gasteiger partial charge in [-0.1, -0.05) is 32.9 Å². The van der Waals surface area contributed by atoms with Gasteiger partial charge < -0.3 is 15.2 Å². The molecule has 0 aliphatic carbocycles. The van der Waals surface area contributed by atoms with Gasteiger partial charge in [-0.3, -0.25) is 14.8 Å². The highest BCUT2D eigenvalue weighted by molar-refractivity contribution is 5.85. The number of carbonyl (C=O) groups is 2. The van der Waals surface area contributed by atoms with Gasteiger partial charge in [0.25, 0.3) is 0 Å². The van der Waals surface area contributed by atoms with Crippen LogP contribution in [0.2, 0.25) is 0 Å². The van der Waals surface area contributed by atoms with Gasteiger partial charge in [0, 0.05) is 12.3 Å². The number of methoxy groups -OCH3 is 1. The van der Waals surface area contributed by atoms with Crippen molar-refractivity contribution in [1.82, 2.24) is 10.8 Å². The SMILES string of the molecule is COc1ccc(CCC[C@H](CC(=O)NO)C(=O)N[C@H](CO)C(C)(C)C)cc1. The maximum Gasteiger partial charge on any atom is 0.244 e. The molecule has 0 bridgehead atoms. The first-order chi connectivity index (χ1) is 12.7. The van der Waals surface area contributed by atoms with E-state index in [0.29, 0.717) is 12.8 Å². The first kappa shape index (κ1) is 22.9. The second kappa shape index (κ2) is 10.9. The lowest BCUT2D eigenvalue weighted by atomic mass is 9.86. The first-order valence-electron chi connectivity index (χ1n) is 9.18. The van der Waals surface area contributed by atoms with Crippen LogP contribution in [0.5, 0.6) is 5.75 Å². The van der Waals surface area contributed by atoms with Crippen molar-refractivity contribution < 1.29 is 24.6 Å². The average molecular weight is 380 g/mol. The molecule has 0 aliphatic heterocycles. The normalized spacial score (nSPS) is 13.6. The zero-order chi connectivity index (χ0) is 20.4. The fourth-order valence-electron chi connectivity index (χ4n) is 2.77. The van der Waals surface area contributed by atoms with Crippen molar-refractivity contribution in [3.05, 3.63) is 29.8 Å². The fraction of sp³-hybridized carbons (Fsp3) is 0.600. The molecule has 4 N–H and O–H groups in total. The number of aliphatic hydroxyl groups is 1. The van der Waals surface area contributed by atoms with Gasteiger partial charge in [-0.25, -0.2) is 5.48 Å². The summed E-state index contributed by atoms with van der Waals surface area (Å²) in [5, 5.41) is 21.2. The molecule has 0 saturated carbocycles. The third-order valence-corrected chi connectivity index (χ3v) is 4.65. The van der Waals surface area contributed by atoms with E-state index in [-0.39, 0.29) is 24.3 Å². The average Bonchev–Trinajstić information content (AvgIpc) is 2.64. The molecular formula is C20H32N2O5. The van der Waals surface area contributed by atoms with Crippen LogP contribution in [0.25, 0.3) is 0 Å². The molecule has 1 aromatic rings. The van der Waals surface area contributed by atoms with Gasteiger partial charge in [-0.05, 0) is 42.4 Å². The molecule has 0 aromatic heterocycles. The number of nitrogens with one attached hydrogen (secondary N) is 2. The van der Waals surface area contributed by atoms with Crippen LogP contribution in [0, 0.1) is 11.3 Å². The predicted molar refractivity (Wildman–Crippen MR) is 102 cm³/mol. The number of aliphatic hydroxyl groups excluding tert-OH is 1. The Kier molecular flexibility index (Phi) is 9.25. The van der Waals surface area contributed by atoms with Gasteiger partial charge in [-0.2, -0.15) is 0 Å². The van der Waals surface area contributed by atoms with Gasteiger partial charge >= 0.3 is 0 Å². The van der Waals surface area contributed by atoms with Gasteiger partial charge in [0.2, 0.25) is 11.8 Å². The molecule has 2 atom stereocenters. The predicted octanol–water partition coefficient (Wildman–Crippen LogP) is 2.05. The Morgan fingerprint density at radius 2 is 1.81 bits per heavy atom. The number of carbonyl (C=O) groups excluding carboxylic acids is 2. The number of rotatable bonds is 10. The van der Waals surface area contributed by atoms with Crippen molar-refractivity contribution in [1.29, 1.82) is 0 Å². The minimum absolute atomic E-state index is 0.104. The fourth-order valence-corrected chi connectivity index (χ4v) is 2.77. The number of benzene rings is 1. The number of ether oxygens (including phenoxy) is 1. The molecule has 7 heteroatoms. The van der Waals surface area contributed by atoms with E-state index in [2.05, 4.69) is 5.32 Å². The molecule has 1 aromatic carbocycles. The zero-order valence-electron chi connectivity index (χ0n) is 16.6. The molecule has 0 aliphatic rings. The summed E-state index contributed by atoms with van der Waals surface area (Å²) in [7, 11) is 1.61. The van der Waals surface area contributed by atoms with Crippen LogP contribution < -0.4 is 15.5 Å². The molecule has 0 heterocycles. The van der Waals surface area contributed by atoms with E-state index in [1.165, 1.54) is 0 Å². The van der Waals surface area contributed by atoms with Crippen LogP contribution in [0.4, 0.5) is 0 Å². The second-order valence-corrected chi connectivity index (χ2v) is 7.79. The van der Waals surface area contributed by atoms with E-state index in [9.17, 15) is 14.7 Å². The molecule has 1 rings (SSSR count). The highest BCUT2D eigenvalue weighted by Gasteiger charge is 2.29. The van der Waals surface area contributed by atoms with Crippen LogP contribution in [-0.2, 0) is 16.0 Å².